The monoisotopic (exact) mass is 478 g/mol. The van der Waals surface area contributed by atoms with Gasteiger partial charge in [-0.3, -0.25) is 4.98 Å². The molecule has 36 heavy (non-hydrogen) atoms. The number of fused-ring (bicyclic) bond motifs is 4. The molecular weight excluding hydrogens is 456 g/mol. The number of thiophene rings is 1. The van der Waals surface area contributed by atoms with Crippen LogP contribution in [0.5, 0.6) is 0 Å². The first kappa shape index (κ1) is 20.9. The van der Waals surface area contributed by atoms with Crippen LogP contribution in [0.15, 0.2) is 134 Å². The molecule has 0 unspecified atom stereocenters. The molecule has 0 radical (unpaired) electrons. The van der Waals surface area contributed by atoms with Crippen LogP contribution in [-0.4, -0.2) is 4.98 Å². The smallest absolute Gasteiger partial charge is 0.0476 e. The van der Waals surface area contributed by atoms with Crippen molar-refractivity contribution >= 4 is 59.3 Å². The minimum atomic E-state index is 1.13. The van der Waals surface area contributed by atoms with Crippen LogP contribution in [-0.2, 0) is 0 Å². The molecule has 0 amide bonds. The van der Waals surface area contributed by atoms with Crippen LogP contribution in [0.3, 0.4) is 0 Å². The third kappa shape index (κ3) is 3.62. The van der Waals surface area contributed by atoms with Gasteiger partial charge in [-0.25, -0.2) is 0 Å². The molecule has 0 fully saturated rings. The van der Waals surface area contributed by atoms with Gasteiger partial charge in [0.15, 0.2) is 0 Å². The fourth-order valence-electron chi connectivity index (χ4n) is 4.95. The summed E-state index contributed by atoms with van der Waals surface area (Å²) in [6.07, 6.45) is 3.84. The molecule has 7 rings (SSSR count). The molecule has 2 aromatic heterocycles. The fraction of sp³-hybridized carbons (Fsp3) is 0. The summed E-state index contributed by atoms with van der Waals surface area (Å²) in [7, 11) is 0. The van der Waals surface area contributed by atoms with Crippen molar-refractivity contribution < 1.29 is 0 Å². The number of benzene rings is 5. The molecule has 0 aliphatic carbocycles. The van der Waals surface area contributed by atoms with Crippen LogP contribution in [0.25, 0.3) is 42.1 Å². The Balaban J connectivity index is 1.39. The van der Waals surface area contributed by atoms with Gasteiger partial charge in [0, 0.05) is 49.6 Å². The maximum absolute atomic E-state index is 4.35. The maximum Gasteiger partial charge on any atom is 0.0476 e. The molecule has 0 bridgehead atoms. The third-order valence-corrected chi connectivity index (χ3v) is 7.87. The SMILES string of the molecule is c1ccc(-c2ccc(N(c3ccc4ccccc4c3)c3ccc4c(c3)sc3ccncc34)cc2)cc1. The zero-order valence-electron chi connectivity index (χ0n) is 19.5. The average Bonchev–Trinajstić information content (AvgIpc) is 3.32. The van der Waals surface area contributed by atoms with Crippen molar-refractivity contribution in [1.29, 1.82) is 0 Å². The van der Waals surface area contributed by atoms with Crippen LogP contribution >= 0.6 is 11.3 Å². The Hall–Kier alpha value is -4.47. The summed E-state index contributed by atoms with van der Waals surface area (Å²) in [5.74, 6) is 0. The minimum absolute atomic E-state index is 1.13. The summed E-state index contributed by atoms with van der Waals surface area (Å²) in [4.78, 5) is 6.70. The topological polar surface area (TPSA) is 16.1 Å². The summed E-state index contributed by atoms with van der Waals surface area (Å²) in [6, 6.07) is 43.5. The molecule has 0 saturated carbocycles. The Bertz CT molecular complexity index is 1840. The molecule has 0 aliphatic heterocycles. The van der Waals surface area contributed by atoms with Crippen LogP contribution in [0.1, 0.15) is 0 Å². The van der Waals surface area contributed by atoms with E-state index in [0.717, 1.165) is 17.1 Å². The van der Waals surface area contributed by atoms with Crippen molar-refractivity contribution in [3.8, 4) is 11.1 Å². The van der Waals surface area contributed by atoms with Crippen molar-refractivity contribution in [1.82, 2.24) is 4.98 Å². The highest BCUT2D eigenvalue weighted by Gasteiger charge is 2.15. The lowest BCUT2D eigenvalue weighted by molar-refractivity contribution is 1.30. The molecule has 0 aliphatic rings. The number of pyridine rings is 1. The molecule has 170 valence electrons. The number of hydrogen-bond acceptors (Lipinski definition) is 3. The van der Waals surface area contributed by atoms with E-state index in [9.17, 15) is 0 Å². The summed E-state index contributed by atoms with van der Waals surface area (Å²) in [5.41, 5.74) is 5.85. The predicted molar refractivity (Wildman–Crippen MR) is 155 cm³/mol. The third-order valence-electron chi connectivity index (χ3n) is 6.74. The van der Waals surface area contributed by atoms with Crippen LogP contribution in [0.2, 0.25) is 0 Å². The van der Waals surface area contributed by atoms with Gasteiger partial charge in [0.25, 0.3) is 0 Å². The van der Waals surface area contributed by atoms with E-state index in [0.29, 0.717) is 0 Å². The van der Waals surface area contributed by atoms with E-state index in [1.54, 1.807) is 0 Å². The Labute approximate surface area is 213 Å². The first-order valence-corrected chi connectivity index (χ1v) is 12.9. The molecule has 0 saturated heterocycles. The Kier molecular flexibility index (Phi) is 5.00. The number of nitrogens with zero attached hydrogens (tertiary/aromatic N) is 2. The van der Waals surface area contributed by atoms with Crippen molar-refractivity contribution in [2.24, 2.45) is 0 Å². The van der Waals surface area contributed by atoms with Crippen LogP contribution in [0, 0.1) is 0 Å². The second-order valence-electron chi connectivity index (χ2n) is 8.93. The molecular formula is C33H22N2S. The van der Waals surface area contributed by atoms with E-state index in [4.69, 9.17) is 0 Å². The number of rotatable bonds is 4. The van der Waals surface area contributed by atoms with Crippen LogP contribution in [0.4, 0.5) is 17.1 Å². The molecule has 3 heteroatoms. The predicted octanol–water partition coefficient (Wildman–Crippen LogP) is 9.74. The highest BCUT2D eigenvalue weighted by molar-refractivity contribution is 7.25. The number of anilines is 3. The summed E-state index contributed by atoms with van der Waals surface area (Å²) in [6.45, 7) is 0. The normalized spacial score (nSPS) is 11.3. The highest BCUT2D eigenvalue weighted by Crippen LogP contribution is 2.41. The van der Waals surface area contributed by atoms with Crippen molar-refractivity contribution in [3.05, 3.63) is 134 Å². The van der Waals surface area contributed by atoms with E-state index < -0.39 is 0 Å². The largest absolute Gasteiger partial charge is 0.310 e. The first-order valence-electron chi connectivity index (χ1n) is 12.0. The second kappa shape index (κ2) is 8.63. The lowest BCUT2D eigenvalue weighted by Crippen LogP contribution is -2.09. The van der Waals surface area contributed by atoms with Gasteiger partial charge in [-0.05, 0) is 64.4 Å². The molecule has 2 heterocycles. The van der Waals surface area contributed by atoms with Gasteiger partial charge in [0.05, 0.1) is 0 Å². The standard InChI is InChI=1S/C33H22N2S/c1-2-6-23(7-3-1)25-10-13-27(14-11-25)35(28-15-12-24-8-4-5-9-26(24)20-28)29-16-17-30-31-22-34-19-18-32(31)36-33(30)21-29/h1-22H. The van der Waals surface area contributed by atoms with Crippen molar-refractivity contribution in [2.75, 3.05) is 4.90 Å². The van der Waals surface area contributed by atoms with Gasteiger partial charge in [0.2, 0.25) is 0 Å². The molecule has 5 aromatic carbocycles. The first-order chi connectivity index (χ1) is 17.8. The van der Waals surface area contributed by atoms with Crippen molar-refractivity contribution in [2.45, 2.75) is 0 Å². The van der Waals surface area contributed by atoms with Gasteiger partial charge in [0.1, 0.15) is 0 Å². The lowest BCUT2D eigenvalue weighted by atomic mass is 10.0. The van der Waals surface area contributed by atoms with Gasteiger partial charge in [-0.2, -0.15) is 0 Å². The maximum atomic E-state index is 4.35. The van der Waals surface area contributed by atoms with E-state index in [2.05, 4.69) is 131 Å². The Morgan fingerprint density at radius 2 is 1.19 bits per heavy atom. The average molecular weight is 479 g/mol. The van der Waals surface area contributed by atoms with E-state index in [1.165, 1.54) is 42.1 Å². The second-order valence-corrected chi connectivity index (χ2v) is 10.0. The van der Waals surface area contributed by atoms with Crippen molar-refractivity contribution in [3.63, 3.8) is 0 Å². The molecule has 2 nitrogen and oxygen atoms in total. The molecule has 0 atom stereocenters. The minimum Gasteiger partial charge on any atom is -0.310 e. The summed E-state index contributed by atoms with van der Waals surface area (Å²) >= 11 is 1.82. The van der Waals surface area contributed by atoms with Gasteiger partial charge in [-0.15, -0.1) is 11.3 Å². The van der Waals surface area contributed by atoms with Gasteiger partial charge < -0.3 is 4.90 Å². The van der Waals surface area contributed by atoms with Gasteiger partial charge >= 0.3 is 0 Å². The van der Waals surface area contributed by atoms with E-state index >= 15 is 0 Å². The van der Waals surface area contributed by atoms with Gasteiger partial charge in [-0.1, -0.05) is 78.9 Å². The molecule has 0 spiro atoms. The van der Waals surface area contributed by atoms with E-state index in [1.807, 2.05) is 23.7 Å². The number of aromatic nitrogens is 1. The Morgan fingerprint density at radius 3 is 2.06 bits per heavy atom. The number of hydrogen-bond donors (Lipinski definition) is 0. The lowest BCUT2D eigenvalue weighted by Gasteiger charge is -2.26. The zero-order chi connectivity index (χ0) is 23.9. The highest BCUT2D eigenvalue weighted by atomic mass is 32.1. The molecule has 7 aromatic rings. The quantitative estimate of drug-likeness (QED) is 0.250. The summed E-state index contributed by atoms with van der Waals surface area (Å²) < 4.78 is 2.53. The van der Waals surface area contributed by atoms with E-state index in [-0.39, 0.29) is 0 Å². The van der Waals surface area contributed by atoms with Crippen LogP contribution < -0.4 is 4.90 Å². The molecule has 0 N–H and O–H groups in total. The Morgan fingerprint density at radius 1 is 0.500 bits per heavy atom. The zero-order valence-corrected chi connectivity index (χ0v) is 20.3. The fourth-order valence-corrected chi connectivity index (χ4v) is 6.05. The summed E-state index contributed by atoms with van der Waals surface area (Å²) in [5, 5.41) is 4.95.